The van der Waals surface area contributed by atoms with Crippen molar-refractivity contribution < 1.29 is 28.7 Å². The maximum absolute atomic E-state index is 13.4. The zero-order chi connectivity index (χ0) is 32.2. The Balaban J connectivity index is 1.65. The summed E-state index contributed by atoms with van der Waals surface area (Å²) in [6.45, 7) is 0. The third kappa shape index (κ3) is 5.57. The van der Waals surface area contributed by atoms with E-state index < -0.39 is 22.8 Å². The highest BCUT2D eigenvalue weighted by atomic mass is 32.1. The number of hydrogen-bond acceptors (Lipinski definition) is 12. The summed E-state index contributed by atoms with van der Waals surface area (Å²) in [5, 5.41) is 24.1. The van der Waals surface area contributed by atoms with Crippen molar-refractivity contribution in [1.82, 2.24) is 4.98 Å². The number of benzene rings is 3. The molecule has 0 aliphatic carbocycles. The van der Waals surface area contributed by atoms with Gasteiger partial charge in [0.2, 0.25) is 0 Å². The average Bonchev–Trinajstić information content (AvgIpc) is 3.57. The minimum absolute atomic E-state index is 0.0392. The number of carbonyl (C=O) groups excluding carboxylic acids is 2. The summed E-state index contributed by atoms with van der Waals surface area (Å²) in [6, 6.07) is 22.3. The monoisotopic (exact) mass is 623 g/mol. The van der Waals surface area contributed by atoms with Crippen LogP contribution in [0.25, 0.3) is 21.8 Å². The van der Waals surface area contributed by atoms with E-state index in [1.807, 2.05) is 0 Å². The fourth-order valence-corrected chi connectivity index (χ4v) is 5.92. The summed E-state index contributed by atoms with van der Waals surface area (Å²) in [7, 11) is 3.72. The van der Waals surface area contributed by atoms with E-state index in [-0.39, 0.29) is 34.1 Å². The minimum atomic E-state index is -0.993. The zero-order valence-corrected chi connectivity index (χ0v) is 25.0. The molecule has 1 aromatic heterocycles. The Kier molecular flexibility index (Phi) is 8.60. The molecule has 0 saturated heterocycles. The topological polar surface area (TPSA) is 171 Å². The molecule has 0 bridgehead atoms. The Morgan fingerprint density at radius 2 is 1.73 bits per heavy atom. The number of allylic oxidation sites excluding steroid dienone is 1. The normalized spacial score (nSPS) is 14.5. The molecule has 0 amide bonds. The van der Waals surface area contributed by atoms with E-state index in [9.17, 15) is 25.0 Å². The van der Waals surface area contributed by atoms with Crippen LogP contribution in [0.2, 0.25) is 0 Å². The lowest BCUT2D eigenvalue weighted by Gasteiger charge is -2.36. The standard InChI is InChI=1S/C32H25N5O7S/c1-42-25-13-12-19(15-24(25)37(40)41)23-17-45-30(35-23)20-10-7-11-21(14-20)36-28(32(39)44-3)27(31(38)43-2)26(22(16-33)29(36)34)18-8-5-4-6-9-18/h4-15,17,26H,34H2,1-3H3. The summed E-state index contributed by atoms with van der Waals surface area (Å²) in [6.07, 6.45) is 0. The minimum Gasteiger partial charge on any atom is -0.490 e. The molecule has 1 aliphatic rings. The van der Waals surface area contributed by atoms with Crippen molar-refractivity contribution in [3.8, 4) is 33.6 Å². The first-order valence-corrected chi connectivity index (χ1v) is 14.2. The van der Waals surface area contributed by atoms with E-state index in [0.29, 0.717) is 33.1 Å². The molecule has 1 aliphatic heterocycles. The van der Waals surface area contributed by atoms with Crippen LogP contribution in [0.15, 0.2) is 101 Å². The van der Waals surface area contributed by atoms with Crippen molar-refractivity contribution in [2.24, 2.45) is 5.73 Å². The van der Waals surface area contributed by atoms with Crippen molar-refractivity contribution in [1.29, 1.82) is 5.26 Å². The molecule has 226 valence electrons. The van der Waals surface area contributed by atoms with E-state index in [4.69, 9.17) is 19.9 Å². The predicted molar refractivity (Wildman–Crippen MR) is 166 cm³/mol. The maximum Gasteiger partial charge on any atom is 0.355 e. The first-order valence-electron chi connectivity index (χ1n) is 13.3. The van der Waals surface area contributed by atoms with Crippen LogP contribution in [0.4, 0.5) is 11.4 Å². The number of anilines is 1. The molecule has 0 radical (unpaired) electrons. The number of nitriles is 1. The summed E-state index contributed by atoms with van der Waals surface area (Å²) < 4.78 is 15.3. The van der Waals surface area contributed by atoms with Gasteiger partial charge in [-0.25, -0.2) is 14.6 Å². The van der Waals surface area contributed by atoms with Crippen LogP contribution in [0.5, 0.6) is 5.75 Å². The van der Waals surface area contributed by atoms with Crippen molar-refractivity contribution in [3.05, 3.63) is 117 Å². The lowest BCUT2D eigenvalue weighted by Crippen LogP contribution is -2.40. The van der Waals surface area contributed by atoms with Gasteiger partial charge in [0.15, 0.2) is 5.75 Å². The van der Waals surface area contributed by atoms with Crippen LogP contribution in [0.3, 0.4) is 0 Å². The van der Waals surface area contributed by atoms with Crippen molar-refractivity contribution in [2.75, 3.05) is 26.2 Å². The van der Waals surface area contributed by atoms with Crippen molar-refractivity contribution in [3.63, 3.8) is 0 Å². The number of ether oxygens (including phenoxy) is 3. The Labute approximate surface area is 261 Å². The van der Waals surface area contributed by atoms with Crippen LogP contribution in [0.1, 0.15) is 11.5 Å². The summed E-state index contributed by atoms with van der Waals surface area (Å²) in [5.41, 5.74) is 8.72. The molecule has 13 heteroatoms. The van der Waals surface area contributed by atoms with Gasteiger partial charge in [0.05, 0.1) is 55.1 Å². The highest BCUT2D eigenvalue weighted by Gasteiger charge is 2.43. The number of carbonyl (C=O) groups is 2. The van der Waals surface area contributed by atoms with Gasteiger partial charge in [0.25, 0.3) is 0 Å². The number of thiazole rings is 1. The molecule has 4 aromatic rings. The second-order valence-electron chi connectivity index (χ2n) is 9.57. The van der Waals surface area contributed by atoms with Crippen LogP contribution < -0.4 is 15.4 Å². The summed E-state index contributed by atoms with van der Waals surface area (Å²) >= 11 is 1.30. The van der Waals surface area contributed by atoms with Gasteiger partial charge >= 0.3 is 17.6 Å². The molecule has 1 unspecified atom stereocenters. The molecular weight excluding hydrogens is 598 g/mol. The van der Waals surface area contributed by atoms with E-state index >= 15 is 0 Å². The number of nitrogens with two attached hydrogens (primary N) is 1. The van der Waals surface area contributed by atoms with Gasteiger partial charge in [-0.1, -0.05) is 42.5 Å². The number of nitro groups is 1. The third-order valence-electron chi connectivity index (χ3n) is 7.14. The van der Waals surface area contributed by atoms with E-state index in [1.54, 1.807) is 66.0 Å². The second-order valence-corrected chi connectivity index (χ2v) is 10.4. The molecule has 0 spiro atoms. The van der Waals surface area contributed by atoms with E-state index in [0.717, 1.165) is 0 Å². The number of esters is 2. The largest absolute Gasteiger partial charge is 0.490 e. The number of aromatic nitrogens is 1. The van der Waals surface area contributed by atoms with E-state index in [2.05, 4.69) is 11.1 Å². The Hall–Kier alpha value is -6.00. The SMILES string of the molecule is COC(=O)C1=C(C(=O)OC)N(c2cccc(-c3nc(-c4ccc(OC)c([N+](=O)[O-])c4)cs3)c2)C(N)=C(C#N)C1c1ccccc1. The lowest BCUT2D eigenvalue weighted by molar-refractivity contribution is -0.385. The molecule has 5 rings (SSSR count). The molecule has 1 atom stereocenters. The number of rotatable bonds is 8. The van der Waals surface area contributed by atoms with Crippen molar-refractivity contribution in [2.45, 2.75) is 5.92 Å². The highest BCUT2D eigenvalue weighted by Crippen LogP contribution is 2.44. The van der Waals surface area contributed by atoms with Gasteiger partial charge in [-0.2, -0.15) is 5.26 Å². The fourth-order valence-electron chi connectivity index (χ4n) is 5.09. The van der Waals surface area contributed by atoms with Gasteiger partial charge in [0, 0.05) is 28.3 Å². The molecule has 2 N–H and O–H groups in total. The molecule has 12 nitrogen and oxygen atoms in total. The first-order chi connectivity index (χ1) is 21.7. The van der Waals surface area contributed by atoms with Crippen LogP contribution in [-0.4, -0.2) is 43.2 Å². The quantitative estimate of drug-likeness (QED) is 0.154. The predicted octanol–water partition coefficient (Wildman–Crippen LogP) is 5.29. The Morgan fingerprint density at radius 1 is 1.00 bits per heavy atom. The zero-order valence-electron chi connectivity index (χ0n) is 24.2. The van der Waals surface area contributed by atoms with Gasteiger partial charge in [-0.3, -0.25) is 15.0 Å². The fraction of sp³-hybridized carbons (Fsp3) is 0.125. The summed E-state index contributed by atoms with van der Waals surface area (Å²) in [5.74, 6) is -2.62. The third-order valence-corrected chi connectivity index (χ3v) is 8.03. The smallest absolute Gasteiger partial charge is 0.355 e. The highest BCUT2D eigenvalue weighted by molar-refractivity contribution is 7.13. The molecule has 0 fully saturated rings. The number of nitrogens with zero attached hydrogens (tertiary/aromatic N) is 4. The Bertz CT molecular complexity index is 1930. The van der Waals surface area contributed by atoms with Gasteiger partial charge in [0.1, 0.15) is 16.5 Å². The summed E-state index contributed by atoms with van der Waals surface area (Å²) in [4.78, 5) is 43.7. The van der Waals surface area contributed by atoms with Crippen LogP contribution in [-0.2, 0) is 19.1 Å². The molecule has 3 aromatic carbocycles. The number of hydrogen-bond donors (Lipinski definition) is 1. The number of methoxy groups -OCH3 is 3. The van der Waals surface area contributed by atoms with Crippen LogP contribution in [0, 0.1) is 21.4 Å². The second kappa shape index (κ2) is 12.7. The number of nitro benzene ring substituents is 1. The van der Waals surface area contributed by atoms with Crippen LogP contribution >= 0.6 is 11.3 Å². The van der Waals surface area contributed by atoms with Gasteiger partial charge in [-0.15, -0.1) is 11.3 Å². The van der Waals surface area contributed by atoms with Gasteiger partial charge < -0.3 is 19.9 Å². The molecule has 2 heterocycles. The lowest BCUT2D eigenvalue weighted by atomic mass is 9.81. The van der Waals surface area contributed by atoms with Crippen molar-refractivity contribution >= 4 is 34.7 Å². The molecule has 45 heavy (non-hydrogen) atoms. The van der Waals surface area contributed by atoms with Gasteiger partial charge in [-0.05, 0) is 29.8 Å². The van der Waals surface area contributed by atoms with E-state index in [1.165, 1.54) is 49.7 Å². The first kappa shape index (κ1) is 30.5. The maximum atomic E-state index is 13.4. The molecular formula is C32H25N5O7S. The average molecular weight is 624 g/mol. The Morgan fingerprint density at radius 3 is 2.38 bits per heavy atom. The molecule has 0 saturated carbocycles.